The van der Waals surface area contributed by atoms with Crippen LogP contribution in [0.25, 0.3) is 0 Å². The molecule has 156 valence electrons. The normalized spacial score (nSPS) is 11.0. The van der Waals surface area contributed by atoms with Gasteiger partial charge in [-0.2, -0.15) is 5.10 Å². The molecule has 0 aliphatic rings. The third-order valence-corrected chi connectivity index (χ3v) is 4.96. The summed E-state index contributed by atoms with van der Waals surface area (Å²) in [6, 6.07) is 15.4. The molecule has 1 aromatic heterocycles. The van der Waals surface area contributed by atoms with Crippen molar-refractivity contribution in [1.82, 2.24) is 9.78 Å². The van der Waals surface area contributed by atoms with Crippen LogP contribution in [0.1, 0.15) is 71.5 Å². The molecule has 6 heteroatoms. The van der Waals surface area contributed by atoms with Crippen LogP contribution in [0.5, 0.6) is 0 Å². The molecule has 3 rings (SSSR count). The van der Waals surface area contributed by atoms with Crippen molar-refractivity contribution >= 4 is 23.2 Å². The van der Waals surface area contributed by atoms with Crippen molar-refractivity contribution in [3.05, 3.63) is 77.1 Å². The van der Waals surface area contributed by atoms with E-state index in [9.17, 15) is 9.59 Å². The lowest BCUT2D eigenvalue weighted by Gasteiger charge is -2.09. The predicted molar refractivity (Wildman–Crippen MR) is 120 cm³/mol. The molecule has 0 radical (unpaired) electrons. The number of carbonyl (C=O) groups excluding carboxylic acids is 2. The number of carbonyl (C=O) groups is 2. The first kappa shape index (κ1) is 21.3. The van der Waals surface area contributed by atoms with Crippen LogP contribution in [-0.4, -0.2) is 21.6 Å². The number of nitrogens with one attached hydrogen (secondary N) is 2. The van der Waals surface area contributed by atoms with Crippen LogP contribution in [0, 0.1) is 0 Å². The van der Waals surface area contributed by atoms with Gasteiger partial charge in [-0.25, -0.2) is 0 Å². The number of hydrogen-bond donors (Lipinski definition) is 2. The summed E-state index contributed by atoms with van der Waals surface area (Å²) < 4.78 is 1.47. The van der Waals surface area contributed by atoms with Gasteiger partial charge in [-0.1, -0.05) is 52.0 Å². The molecule has 0 unspecified atom stereocenters. The van der Waals surface area contributed by atoms with Gasteiger partial charge in [0.15, 0.2) is 5.69 Å². The van der Waals surface area contributed by atoms with E-state index in [4.69, 9.17) is 0 Å². The van der Waals surface area contributed by atoms with Crippen molar-refractivity contribution in [3.8, 4) is 0 Å². The number of rotatable bonds is 6. The summed E-state index contributed by atoms with van der Waals surface area (Å²) in [6.07, 6.45) is 1.55. The number of hydrogen-bond acceptors (Lipinski definition) is 3. The monoisotopic (exact) mass is 404 g/mol. The first-order chi connectivity index (χ1) is 14.2. The van der Waals surface area contributed by atoms with E-state index in [1.54, 1.807) is 13.2 Å². The van der Waals surface area contributed by atoms with E-state index >= 15 is 0 Å². The fourth-order valence-electron chi connectivity index (χ4n) is 3.11. The number of aryl methyl sites for hydroxylation is 1. The zero-order valence-corrected chi connectivity index (χ0v) is 18.1. The number of aromatic nitrogens is 2. The molecule has 0 aliphatic carbocycles. The highest BCUT2D eigenvalue weighted by Gasteiger charge is 2.22. The number of amides is 2. The van der Waals surface area contributed by atoms with Crippen molar-refractivity contribution in [2.24, 2.45) is 7.05 Å². The number of nitrogens with zero attached hydrogens (tertiary/aromatic N) is 2. The van der Waals surface area contributed by atoms with Gasteiger partial charge in [-0.15, -0.1) is 0 Å². The summed E-state index contributed by atoms with van der Waals surface area (Å²) in [5, 5.41) is 9.86. The number of benzene rings is 2. The molecular weight excluding hydrogens is 376 g/mol. The molecule has 0 saturated heterocycles. The van der Waals surface area contributed by atoms with E-state index < -0.39 is 5.91 Å². The largest absolute Gasteiger partial charge is 0.322 e. The molecule has 0 atom stereocenters. The SMILES string of the molecule is CC(C)c1ccc(NC(=O)c2cn(C)nc2C(=O)Nc2ccc(C(C)C)cc2)cc1. The van der Waals surface area contributed by atoms with E-state index in [1.165, 1.54) is 15.8 Å². The Kier molecular flexibility index (Phi) is 6.35. The van der Waals surface area contributed by atoms with E-state index in [0.717, 1.165) is 0 Å². The lowest BCUT2D eigenvalue weighted by atomic mass is 10.0. The molecule has 2 amide bonds. The Balaban J connectivity index is 1.75. The summed E-state index contributed by atoms with van der Waals surface area (Å²) in [6.45, 7) is 8.46. The van der Waals surface area contributed by atoms with Crippen LogP contribution in [0.15, 0.2) is 54.7 Å². The quantitative estimate of drug-likeness (QED) is 0.595. The van der Waals surface area contributed by atoms with Crippen molar-refractivity contribution in [1.29, 1.82) is 0 Å². The highest BCUT2D eigenvalue weighted by atomic mass is 16.2. The molecule has 2 N–H and O–H groups in total. The minimum Gasteiger partial charge on any atom is -0.322 e. The predicted octanol–water partition coefficient (Wildman–Crippen LogP) is 5.17. The lowest BCUT2D eigenvalue weighted by molar-refractivity contribution is 0.0988. The topological polar surface area (TPSA) is 76.0 Å². The molecule has 0 aliphatic heterocycles. The maximum atomic E-state index is 12.8. The third kappa shape index (κ3) is 4.95. The first-order valence-electron chi connectivity index (χ1n) is 10.1. The van der Waals surface area contributed by atoms with Crippen LogP contribution in [0.2, 0.25) is 0 Å². The van der Waals surface area contributed by atoms with Crippen LogP contribution in [-0.2, 0) is 7.05 Å². The van der Waals surface area contributed by atoms with Gasteiger partial charge in [-0.3, -0.25) is 14.3 Å². The zero-order valence-electron chi connectivity index (χ0n) is 18.1. The molecule has 0 saturated carbocycles. The highest BCUT2D eigenvalue weighted by molar-refractivity contribution is 6.14. The maximum Gasteiger partial charge on any atom is 0.276 e. The Hall–Kier alpha value is -3.41. The second-order valence-corrected chi connectivity index (χ2v) is 8.03. The van der Waals surface area contributed by atoms with Gasteiger partial charge in [0.05, 0.1) is 5.56 Å². The molecule has 0 fully saturated rings. The standard InChI is InChI=1S/C24H28N4O2/c1-15(2)17-6-10-19(11-7-17)25-23(29)21-14-28(5)27-22(21)24(30)26-20-12-8-18(9-13-20)16(3)4/h6-16H,1-5H3,(H,25,29)(H,26,30). The average Bonchev–Trinajstić information content (AvgIpc) is 3.11. The average molecular weight is 405 g/mol. The summed E-state index contributed by atoms with van der Waals surface area (Å²) >= 11 is 0. The maximum absolute atomic E-state index is 12.8. The zero-order chi connectivity index (χ0) is 21.8. The minimum absolute atomic E-state index is 0.0849. The van der Waals surface area contributed by atoms with Crippen molar-refractivity contribution in [2.75, 3.05) is 10.6 Å². The van der Waals surface area contributed by atoms with E-state index in [1.807, 2.05) is 48.5 Å². The number of anilines is 2. The molecule has 0 spiro atoms. The third-order valence-electron chi connectivity index (χ3n) is 4.96. The molecule has 6 nitrogen and oxygen atoms in total. The van der Waals surface area contributed by atoms with Gasteiger partial charge in [0.25, 0.3) is 11.8 Å². The Morgan fingerprint density at radius 1 is 0.767 bits per heavy atom. The summed E-state index contributed by atoms with van der Waals surface area (Å²) in [5.74, 6) is 0.0299. The molecular formula is C24H28N4O2. The van der Waals surface area contributed by atoms with Gasteiger partial charge in [0, 0.05) is 24.6 Å². The Labute approximate surface area is 177 Å². The second kappa shape index (κ2) is 8.95. The van der Waals surface area contributed by atoms with Gasteiger partial charge in [0.1, 0.15) is 0 Å². The van der Waals surface area contributed by atoms with Crippen molar-refractivity contribution in [2.45, 2.75) is 39.5 Å². The Bertz CT molecular complexity index is 949. The highest BCUT2D eigenvalue weighted by Crippen LogP contribution is 2.20. The van der Waals surface area contributed by atoms with E-state index in [0.29, 0.717) is 23.2 Å². The molecule has 30 heavy (non-hydrogen) atoms. The van der Waals surface area contributed by atoms with Gasteiger partial charge in [-0.05, 0) is 47.2 Å². The van der Waals surface area contributed by atoms with Crippen LogP contribution >= 0.6 is 0 Å². The van der Waals surface area contributed by atoms with Gasteiger partial charge in [0.2, 0.25) is 0 Å². The van der Waals surface area contributed by atoms with Crippen LogP contribution < -0.4 is 10.6 Å². The van der Waals surface area contributed by atoms with Crippen LogP contribution in [0.4, 0.5) is 11.4 Å². The Morgan fingerprint density at radius 3 is 1.63 bits per heavy atom. The molecule has 3 aromatic rings. The smallest absolute Gasteiger partial charge is 0.276 e. The molecule has 2 aromatic carbocycles. The summed E-state index contributed by atoms with van der Waals surface area (Å²) in [4.78, 5) is 25.6. The van der Waals surface area contributed by atoms with E-state index in [-0.39, 0.29) is 17.2 Å². The summed E-state index contributed by atoms with van der Waals surface area (Å²) in [7, 11) is 1.68. The van der Waals surface area contributed by atoms with Gasteiger partial charge < -0.3 is 10.6 Å². The van der Waals surface area contributed by atoms with Crippen molar-refractivity contribution in [3.63, 3.8) is 0 Å². The fraction of sp³-hybridized carbons (Fsp3) is 0.292. The molecule has 0 bridgehead atoms. The summed E-state index contributed by atoms with van der Waals surface area (Å²) in [5.41, 5.74) is 4.02. The Morgan fingerprint density at radius 2 is 1.20 bits per heavy atom. The first-order valence-corrected chi connectivity index (χ1v) is 10.1. The van der Waals surface area contributed by atoms with Crippen LogP contribution in [0.3, 0.4) is 0 Å². The lowest BCUT2D eigenvalue weighted by Crippen LogP contribution is -2.19. The molecule has 1 heterocycles. The van der Waals surface area contributed by atoms with Gasteiger partial charge >= 0.3 is 0 Å². The minimum atomic E-state index is -0.423. The fourth-order valence-corrected chi connectivity index (χ4v) is 3.11. The van der Waals surface area contributed by atoms with E-state index in [2.05, 4.69) is 43.4 Å². The second-order valence-electron chi connectivity index (χ2n) is 8.03. The van der Waals surface area contributed by atoms with Crippen molar-refractivity contribution < 1.29 is 9.59 Å².